The van der Waals surface area contributed by atoms with E-state index in [4.69, 9.17) is 32.7 Å². The molecular formula is C11H10Cl2O3. The van der Waals surface area contributed by atoms with Crippen molar-refractivity contribution >= 4 is 29.5 Å². The maximum atomic E-state index is 10.8. The third-order valence-corrected chi connectivity index (χ3v) is 3.03. The van der Waals surface area contributed by atoms with E-state index in [-0.39, 0.29) is 6.61 Å². The zero-order valence-electron chi connectivity index (χ0n) is 8.41. The van der Waals surface area contributed by atoms with Crippen LogP contribution in [0.1, 0.15) is 5.56 Å². The number of carbonyl (C=O) groups excluding carboxylic acids is 1. The molecule has 1 aromatic carbocycles. The van der Waals surface area contributed by atoms with Gasteiger partial charge in [-0.2, -0.15) is 0 Å². The number of hydrogen-bond acceptors (Lipinski definition) is 3. The molecule has 16 heavy (non-hydrogen) atoms. The van der Waals surface area contributed by atoms with Gasteiger partial charge in [0.15, 0.2) is 11.9 Å². The van der Waals surface area contributed by atoms with E-state index in [0.717, 1.165) is 11.8 Å². The molecule has 1 aliphatic heterocycles. The normalized spacial score (nSPS) is 17.9. The lowest BCUT2D eigenvalue weighted by Gasteiger charge is -2.36. The molecule has 5 heteroatoms. The van der Waals surface area contributed by atoms with Gasteiger partial charge >= 0.3 is 0 Å². The van der Waals surface area contributed by atoms with E-state index in [1.807, 2.05) is 0 Å². The second kappa shape index (κ2) is 4.72. The summed E-state index contributed by atoms with van der Waals surface area (Å²) >= 11 is 11.8. The predicted octanol–water partition coefficient (Wildman–Crippen LogP) is 2.48. The highest BCUT2D eigenvalue weighted by Crippen LogP contribution is 2.25. The van der Waals surface area contributed by atoms with Crippen LogP contribution in [-0.2, 0) is 20.9 Å². The molecule has 1 fully saturated rings. The van der Waals surface area contributed by atoms with E-state index in [1.165, 1.54) is 0 Å². The summed E-state index contributed by atoms with van der Waals surface area (Å²) in [5.41, 5.74) is -0.0339. The Hall–Kier alpha value is -0.610. The van der Waals surface area contributed by atoms with Crippen LogP contribution in [0.2, 0.25) is 10.0 Å². The molecule has 0 N–H and O–H groups in total. The molecule has 1 saturated heterocycles. The minimum Gasteiger partial charge on any atom is -0.374 e. The summed E-state index contributed by atoms with van der Waals surface area (Å²) in [5, 5.41) is 1.17. The molecular weight excluding hydrogens is 251 g/mol. The van der Waals surface area contributed by atoms with Gasteiger partial charge in [0, 0.05) is 10.0 Å². The van der Waals surface area contributed by atoms with Gasteiger partial charge in [-0.1, -0.05) is 23.2 Å². The number of halogens is 2. The topological polar surface area (TPSA) is 35.5 Å². The maximum absolute atomic E-state index is 10.8. The predicted molar refractivity (Wildman–Crippen MR) is 60.9 cm³/mol. The van der Waals surface area contributed by atoms with Crippen LogP contribution in [0.5, 0.6) is 0 Å². The zero-order chi connectivity index (χ0) is 11.6. The Morgan fingerprint density at radius 1 is 1.44 bits per heavy atom. The van der Waals surface area contributed by atoms with Crippen LogP contribution in [0.25, 0.3) is 0 Å². The van der Waals surface area contributed by atoms with Crippen molar-refractivity contribution in [1.82, 2.24) is 0 Å². The van der Waals surface area contributed by atoms with E-state index < -0.39 is 5.60 Å². The van der Waals surface area contributed by atoms with Gasteiger partial charge in [-0.15, -0.1) is 0 Å². The van der Waals surface area contributed by atoms with E-state index in [9.17, 15) is 4.79 Å². The van der Waals surface area contributed by atoms with E-state index in [0.29, 0.717) is 23.3 Å². The number of rotatable bonds is 4. The molecule has 1 aromatic rings. The minimum atomic E-state index is -0.800. The van der Waals surface area contributed by atoms with E-state index in [2.05, 4.69) is 0 Å². The van der Waals surface area contributed by atoms with Gasteiger partial charge in [-0.05, 0) is 23.8 Å². The molecule has 0 atom stereocenters. The lowest BCUT2D eigenvalue weighted by atomic mass is 10.0. The Labute approximate surface area is 103 Å². The van der Waals surface area contributed by atoms with Crippen molar-refractivity contribution in [3.05, 3.63) is 33.8 Å². The summed E-state index contributed by atoms with van der Waals surface area (Å²) in [6.45, 7) is 0.852. The highest BCUT2D eigenvalue weighted by Gasteiger charge is 2.39. The zero-order valence-corrected chi connectivity index (χ0v) is 9.92. The van der Waals surface area contributed by atoms with Crippen molar-refractivity contribution in [3.63, 3.8) is 0 Å². The summed E-state index contributed by atoms with van der Waals surface area (Å²) < 4.78 is 10.5. The molecule has 86 valence electrons. The minimum absolute atomic E-state index is 0.251. The molecule has 1 aliphatic rings. The van der Waals surface area contributed by atoms with Gasteiger partial charge in [0.05, 0.1) is 19.8 Å². The number of benzene rings is 1. The van der Waals surface area contributed by atoms with Gasteiger partial charge in [-0.3, -0.25) is 4.79 Å². The van der Waals surface area contributed by atoms with Crippen molar-refractivity contribution < 1.29 is 14.3 Å². The molecule has 2 rings (SSSR count). The molecule has 0 radical (unpaired) electrons. The number of ether oxygens (including phenoxy) is 2. The smallest absolute Gasteiger partial charge is 0.170 e. The molecule has 0 spiro atoms. The van der Waals surface area contributed by atoms with E-state index in [1.54, 1.807) is 18.2 Å². The highest BCUT2D eigenvalue weighted by molar-refractivity contribution is 6.33. The Morgan fingerprint density at radius 2 is 2.19 bits per heavy atom. The van der Waals surface area contributed by atoms with Crippen LogP contribution >= 0.6 is 23.2 Å². The number of aldehydes is 1. The second-order valence-corrected chi connectivity index (χ2v) is 4.54. The summed E-state index contributed by atoms with van der Waals surface area (Å²) in [6, 6.07) is 5.13. The average Bonchev–Trinajstić information content (AvgIpc) is 2.22. The van der Waals surface area contributed by atoms with Gasteiger partial charge in [0.2, 0.25) is 0 Å². The van der Waals surface area contributed by atoms with Crippen LogP contribution in [-0.4, -0.2) is 25.1 Å². The van der Waals surface area contributed by atoms with Crippen molar-refractivity contribution in [2.45, 2.75) is 12.2 Å². The first-order valence-corrected chi connectivity index (χ1v) is 5.53. The molecule has 0 bridgehead atoms. The first-order valence-electron chi connectivity index (χ1n) is 4.77. The van der Waals surface area contributed by atoms with Crippen molar-refractivity contribution in [2.75, 3.05) is 13.2 Å². The summed E-state index contributed by atoms with van der Waals surface area (Å²) in [5.74, 6) is 0. The number of carbonyl (C=O) groups is 1. The Bertz CT molecular complexity index is 402. The monoisotopic (exact) mass is 260 g/mol. The largest absolute Gasteiger partial charge is 0.374 e. The maximum Gasteiger partial charge on any atom is 0.170 e. The molecule has 0 aromatic heterocycles. The highest BCUT2D eigenvalue weighted by atomic mass is 35.5. The lowest BCUT2D eigenvalue weighted by molar-refractivity contribution is -0.203. The Morgan fingerprint density at radius 3 is 2.75 bits per heavy atom. The van der Waals surface area contributed by atoms with Crippen molar-refractivity contribution in [1.29, 1.82) is 0 Å². The van der Waals surface area contributed by atoms with Crippen LogP contribution in [0.15, 0.2) is 18.2 Å². The fourth-order valence-electron chi connectivity index (χ4n) is 1.36. The first-order chi connectivity index (χ1) is 7.65. The third-order valence-electron chi connectivity index (χ3n) is 2.43. The quantitative estimate of drug-likeness (QED) is 0.781. The van der Waals surface area contributed by atoms with Crippen molar-refractivity contribution in [2.24, 2.45) is 0 Å². The van der Waals surface area contributed by atoms with Gasteiger partial charge < -0.3 is 9.47 Å². The summed E-state index contributed by atoms with van der Waals surface area (Å²) in [7, 11) is 0. The molecule has 1 heterocycles. The number of hydrogen-bond donors (Lipinski definition) is 0. The first kappa shape index (κ1) is 11.9. The standard InChI is InChI=1S/C11H10Cl2O3/c12-9-1-2-10(13)8(3-9)4-16-11(5-14)6-15-7-11/h1-3,5H,4,6-7H2. The van der Waals surface area contributed by atoms with Crippen LogP contribution in [0.3, 0.4) is 0 Å². The lowest BCUT2D eigenvalue weighted by Crippen LogP contribution is -2.53. The Kier molecular flexibility index (Phi) is 3.50. The fraction of sp³-hybridized carbons (Fsp3) is 0.364. The third kappa shape index (κ3) is 2.38. The van der Waals surface area contributed by atoms with Crippen LogP contribution in [0, 0.1) is 0 Å². The van der Waals surface area contributed by atoms with Crippen molar-refractivity contribution in [3.8, 4) is 0 Å². The molecule has 0 aliphatic carbocycles. The summed E-state index contributed by atoms with van der Waals surface area (Å²) in [6.07, 6.45) is 0.773. The Balaban J connectivity index is 2.04. The molecule has 3 nitrogen and oxygen atoms in total. The molecule has 0 amide bonds. The molecule has 0 saturated carbocycles. The van der Waals surface area contributed by atoms with Gasteiger partial charge in [0.1, 0.15) is 0 Å². The second-order valence-electron chi connectivity index (χ2n) is 3.70. The van der Waals surface area contributed by atoms with Gasteiger partial charge in [-0.25, -0.2) is 0 Å². The molecule has 0 unspecified atom stereocenters. The SMILES string of the molecule is O=CC1(OCc2cc(Cl)ccc2Cl)COC1. The van der Waals surface area contributed by atoms with E-state index >= 15 is 0 Å². The van der Waals surface area contributed by atoms with Crippen LogP contribution < -0.4 is 0 Å². The summed E-state index contributed by atoms with van der Waals surface area (Å²) in [4.78, 5) is 10.8. The average molecular weight is 261 g/mol. The van der Waals surface area contributed by atoms with Gasteiger partial charge in [0.25, 0.3) is 0 Å². The van der Waals surface area contributed by atoms with Crippen LogP contribution in [0.4, 0.5) is 0 Å². The fourth-order valence-corrected chi connectivity index (χ4v) is 1.73.